The van der Waals surface area contributed by atoms with E-state index in [0.717, 1.165) is 43.6 Å². The van der Waals surface area contributed by atoms with Crippen molar-refractivity contribution in [3.63, 3.8) is 0 Å². The van der Waals surface area contributed by atoms with Crippen LogP contribution in [0.25, 0.3) is 11.1 Å². The number of likely N-dealkylation sites (tertiary alicyclic amines) is 1. The molecule has 4 heteroatoms. The Morgan fingerprint density at radius 2 is 2.11 bits per heavy atom. The number of fused-ring (bicyclic) bond motifs is 1. The van der Waals surface area contributed by atoms with Crippen molar-refractivity contribution < 1.29 is 4.42 Å². The number of benzene rings is 1. The minimum absolute atomic E-state index is 0.487. The molecular formula is C14H19N3O. The number of nitrogens with zero attached hydrogens (tertiary/aromatic N) is 2. The summed E-state index contributed by atoms with van der Waals surface area (Å²) in [6.45, 7) is 5.69. The smallest absolute Gasteiger partial charge is 0.295 e. The van der Waals surface area contributed by atoms with E-state index in [1.807, 2.05) is 24.3 Å². The lowest BCUT2D eigenvalue weighted by Gasteiger charge is -2.30. The maximum absolute atomic E-state index is 5.69. The van der Waals surface area contributed by atoms with E-state index in [-0.39, 0.29) is 0 Å². The fourth-order valence-electron chi connectivity index (χ4n) is 2.50. The molecule has 0 amide bonds. The van der Waals surface area contributed by atoms with E-state index in [0.29, 0.717) is 12.1 Å². The minimum atomic E-state index is 0.487. The molecule has 0 saturated carbocycles. The first-order chi connectivity index (χ1) is 8.85. The summed E-state index contributed by atoms with van der Waals surface area (Å²) >= 11 is 0. The van der Waals surface area contributed by atoms with Crippen molar-refractivity contribution in [1.82, 2.24) is 9.88 Å². The number of oxazole rings is 1. The summed E-state index contributed by atoms with van der Waals surface area (Å²) in [5.74, 6) is 0. The van der Waals surface area contributed by atoms with Gasteiger partial charge in [-0.2, -0.15) is 4.98 Å². The zero-order valence-electron chi connectivity index (χ0n) is 10.7. The van der Waals surface area contributed by atoms with Crippen LogP contribution in [-0.2, 0) is 0 Å². The lowest BCUT2D eigenvalue weighted by molar-refractivity contribution is 0.228. The minimum Gasteiger partial charge on any atom is -0.424 e. The number of para-hydroxylation sites is 2. The topological polar surface area (TPSA) is 41.3 Å². The molecule has 2 heterocycles. The Balaban J connectivity index is 1.66. The van der Waals surface area contributed by atoms with Crippen LogP contribution in [0.4, 0.5) is 6.01 Å². The average molecular weight is 245 g/mol. The molecule has 1 saturated heterocycles. The molecule has 0 unspecified atom stereocenters. The van der Waals surface area contributed by atoms with Crippen LogP contribution in [-0.4, -0.2) is 35.6 Å². The summed E-state index contributed by atoms with van der Waals surface area (Å²) in [5.41, 5.74) is 1.77. The van der Waals surface area contributed by atoms with Gasteiger partial charge in [0.25, 0.3) is 6.01 Å². The fourth-order valence-corrected chi connectivity index (χ4v) is 2.50. The molecule has 0 spiro atoms. The molecule has 0 bridgehead atoms. The summed E-state index contributed by atoms with van der Waals surface area (Å²) in [6.07, 6.45) is 2.32. The van der Waals surface area contributed by atoms with Gasteiger partial charge in [0.05, 0.1) is 0 Å². The predicted octanol–water partition coefficient (Wildman–Crippen LogP) is 2.72. The van der Waals surface area contributed by atoms with E-state index in [9.17, 15) is 0 Å². The molecule has 1 aromatic heterocycles. The maximum atomic E-state index is 5.69. The van der Waals surface area contributed by atoms with Gasteiger partial charge in [-0.1, -0.05) is 19.1 Å². The number of piperidine rings is 1. The molecule has 18 heavy (non-hydrogen) atoms. The Morgan fingerprint density at radius 3 is 2.83 bits per heavy atom. The highest BCUT2D eigenvalue weighted by Gasteiger charge is 2.19. The lowest BCUT2D eigenvalue weighted by Crippen LogP contribution is -2.38. The maximum Gasteiger partial charge on any atom is 0.295 e. The van der Waals surface area contributed by atoms with Crippen LogP contribution in [0.15, 0.2) is 28.7 Å². The Labute approximate surface area is 107 Å². The van der Waals surface area contributed by atoms with Gasteiger partial charge in [0.2, 0.25) is 0 Å². The summed E-state index contributed by atoms with van der Waals surface area (Å²) < 4.78 is 5.69. The van der Waals surface area contributed by atoms with E-state index in [2.05, 4.69) is 22.1 Å². The Kier molecular flexibility index (Phi) is 3.19. The SMILES string of the molecule is CCN1CCC(Nc2nc3ccccc3o2)CC1. The van der Waals surface area contributed by atoms with Crippen molar-refractivity contribution in [2.45, 2.75) is 25.8 Å². The van der Waals surface area contributed by atoms with Crippen LogP contribution in [0.5, 0.6) is 0 Å². The molecule has 1 aliphatic heterocycles. The quantitative estimate of drug-likeness (QED) is 0.902. The molecule has 0 aliphatic carbocycles. The van der Waals surface area contributed by atoms with E-state index in [1.54, 1.807) is 0 Å². The molecule has 0 atom stereocenters. The molecule has 4 nitrogen and oxygen atoms in total. The summed E-state index contributed by atoms with van der Waals surface area (Å²) in [5, 5.41) is 3.41. The Hall–Kier alpha value is -1.55. The Morgan fingerprint density at radius 1 is 1.33 bits per heavy atom. The predicted molar refractivity (Wildman–Crippen MR) is 72.8 cm³/mol. The second kappa shape index (κ2) is 4.98. The third-order valence-electron chi connectivity index (χ3n) is 3.66. The van der Waals surface area contributed by atoms with Gasteiger partial charge < -0.3 is 14.6 Å². The van der Waals surface area contributed by atoms with Crippen molar-refractivity contribution in [2.75, 3.05) is 25.0 Å². The molecule has 1 aliphatic rings. The number of hydrogen-bond acceptors (Lipinski definition) is 4. The van der Waals surface area contributed by atoms with Gasteiger partial charge in [0, 0.05) is 19.1 Å². The monoisotopic (exact) mass is 245 g/mol. The highest BCUT2D eigenvalue weighted by atomic mass is 16.4. The molecule has 0 radical (unpaired) electrons. The van der Waals surface area contributed by atoms with Crippen LogP contribution in [0.1, 0.15) is 19.8 Å². The molecule has 1 fully saturated rings. The van der Waals surface area contributed by atoms with Crippen molar-refractivity contribution in [2.24, 2.45) is 0 Å². The van der Waals surface area contributed by atoms with Crippen LogP contribution in [0.2, 0.25) is 0 Å². The summed E-state index contributed by atoms with van der Waals surface area (Å²) in [4.78, 5) is 6.93. The van der Waals surface area contributed by atoms with Crippen LogP contribution in [0.3, 0.4) is 0 Å². The van der Waals surface area contributed by atoms with Gasteiger partial charge in [-0.3, -0.25) is 0 Å². The van der Waals surface area contributed by atoms with E-state index >= 15 is 0 Å². The first-order valence-electron chi connectivity index (χ1n) is 6.69. The zero-order valence-corrected chi connectivity index (χ0v) is 10.7. The van der Waals surface area contributed by atoms with Gasteiger partial charge in [-0.15, -0.1) is 0 Å². The highest BCUT2D eigenvalue weighted by Crippen LogP contribution is 2.21. The second-order valence-electron chi connectivity index (χ2n) is 4.84. The van der Waals surface area contributed by atoms with Crippen LogP contribution in [0, 0.1) is 0 Å². The molecule has 1 N–H and O–H groups in total. The third kappa shape index (κ3) is 2.34. The third-order valence-corrected chi connectivity index (χ3v) is 3.66. The number of nitrogens with one attached hydrogen (secondary N) is 1. The van der Waals surface area contributed by atoms with Gasteiger partial charge >= 0.3 is 0 Å². The van der Waals surface area contributed by atoms with Crippen molar-refractivity contribution >= 4 is 17.1 Å². The normalized spacial score (nSPS) is 18.3. The number of anilines is 1. The molecule has 1 aromatic carbocycles. The summed E-state index contributed by atoms with van der Waals surface area (Å²) in [7, 11) is 0. The average Bonchev–Trinajstić information content (AvgIpc) is 2.82. The van der Waals surface area contributed by atoms with E-state index in [4.69, 9.17) is 4.42 Å². The lowest BCUT2D eigenvalue weighted by atomic mass is 10.1. The Bertz CT molecular complexity index is 481. The van der Waals surface area contributed by atoms with Crippen LogP contribution >= 0.6 is 0 Å². The first kappa shape index (κ1) is 11.5. The fraction of sp³-hybridized carbons (Fsp3) is 0.500. The molecule has 96 valence electrons. The number of aromatic nitrogens is 1. The molecule has 3 rings (SSSR count). The second-order valence-corrected chi connectivity index (χ2v) is 4.84. The van der Waals surface area contributed by atoms with Crippen molar-refractivity contribution in [3.05, 3.63) is 24.3 Å². The van der Waals surface area contributed by atoms with Crippen molar-refractivity contribution in [1.29, 1.82) is 0 Å². The highest BCUT2D eigenvalue weighted by molar-refractivity contribution is 5.74. The first-order valence-corrected chi connectivity index (χ1v) is 6.69. The molecular weight excluding hydrogens is 226 g/mol. The van der Waals surface area contributed by atoms with E-state index in [1.165, 1.54) is 0 Å². The van der Waals surface area contributed by atoms with Gasteiger partial charge in [0.1, 0.15) is 5.52 Å². The van der Waals surface area contributed by atoms with Crippen molar-refractivity contribution in [3.8, 4) is 0 Å². The number of rotatable bonds is 3. The standard InChI is InChI=1S/C14H19N3O/c1-2-17-9-7-11(8-10-17)15-14-16-12-5-3-4-6-13(12)18-14/h3-6,11H,2,7-10H2,1H3,(H,15,16). The van der Waals surface area contributed by atoms with Gasteiger partial charge in [-0.05, 0) is 31.5 Å². The largest absolute Gasteiger partial charge is 0.424 e. The van der Waals surface area contributed by atoms with Gasteiger partial charge in [-0.25, -0.2) is 0 Å². The van der Waals surface area contributed by atoms with Crippen LogP contribution < -0.4 is 5.32 Å². The molecule has 2 aromatic rings. The number of hydrogen-bond donors (Lipinski definition) is 1. The summed E-state index contributed by atoms with van der Waals surface area (Å²) in [6, 6.07) is 9.02. The zero-order chi connectivity index (χ0) is 12.4. The van der Waals surface area contributed by atoms with E-state index < -0.39 is 0 Å². The van der Waals surface area contributed by atoms with Gasteiger partial charge in [0.15, 0.2) is 5.58 Å².